The second kappa shape index (κ2) is 4.89. The molecule has 0 bridgehead atoms. The van der Waals surface area contributed by atoms with Crippen molar-refractivity contribution in [1.82, 2.24) is 4.98 Å². The van der Waals surface area contributed by atoms with Crippen LogP contribution in [0.3, 0.4) is 0 Å². The largest absolute Gasteiger partial charge is 0.381 e. The van der Waals surface area contributed by atoms with Gasteiger partial charge in [-0.25, -0.2) is 4.39 Å². The molecule has 0 amide bonds. The first kappa shape index (κ1) is 12.5. The molecule has 100 valence electrons. The zero-order valence-electron chi connectivity index (χ0n) is 11.4. The lowest BCUT2D eigenvalue weighted by atomic mass is 9.98. The average molecular weight is 259 g/mol. The van der Waals surface area contributed by atoms with Crippen LogP contribution >= 0.6 is 0 Å². The molecule has 1 atom stereocenters. The van der Waals surface area contributed by atoms with Crippen molar-refractivity contribution in [3.05, 3.63) is 40.8 Å². The Morgan fingerprint density at radius 3 is 2.84 bits per heavy atom. The SMILES string of the molecule is COC1CCc2nc3cc(F)ccc3c(C)c2CC1. The van der Waals surface area contributed by atoms with E-state index in [4.69, 9.17) is 4.74 Å². The number of rotatable bonds is 1. The number of methoxy groups -OCH3 is 1. The number of halogens is 1. The summed E-state index contributed by atoms with van der Waals surface area (Å²) in [6.45, 7) is 2.12. The minimum atomic E-state index is -0.220. The molecule has 2 aromatic rings. The van der Waals surface area contributed by atoms with Crippen molar-refractivity contribution in [3.8, 4) is 0 Å². The number of aryl methyl sites for hydroxylation is 2. The van der Waals surface area contributed by atoms with Gasteiger partial charge in [0.05, 0.1) is 11.6 Å². The number of ether oxygens (including phenoxy) is 1. The maximum atomic E-state index is 13.3. The quantitative estimate of drug-likeness (QED) is 0.730. The number of fused-ring (bicyclic) bond motifs is 2. The van der Waals surface area contributed by atoms with Crippen LogP contribution in [-0.2, 0) is 17.6 Å². The Bertz CT molecular complexity index is 624. The van der Waals surface area contributed by atoms with Gasteiger partial charge in [0.15, 0.2) is 0 Å². The standard InChI is InChI=1S/C16H18FNO/c1-10-13-7-4-12(19-2)5-8-15(13)18-16-9-11(17)3-6-14(10)16/h3,6,9,12H,4-5,7-8H2,1-2H3. The van der Waals surface area contributed by atoms with Crippen LogP contribution in [0.2, 0.25) is 0 Å². The van der Waals surface area contributed by atoms with Crippen molar-refractivity contribution < 1.29 is 9.13 Å². The highest BCUT2D eigenvalue weighted by Crippen LogP contribution is 2.29. The molecule has 0 fully saturated rings. The topological polar surface area (TPSA) is 22.1 Å². The van der Waals surface area contributed by atoms with Crippen molar-refractivity contribution in [1.29, 1.82) is 0 Å². The predicted octanol–water partition coefficient (Wildman–Crippen LogP) is 3.58. The van der Waals surface area contributed by atoms with Gasteiger partial charge in [-0.2, -0.15) is 0 Å². The van der Waals surface area contributed by atoms with E-state index < -0.39 is 0 Å². The lowest BCUT2D eigenvalue weighted by molar-refractivity contribution is 0.0906. The van der Waals surface area contributed by atoms with E-state index >= 15 is 0 Å². The van der Waals surface area contributed by atoms with Crippen LogP contribution in [0.1, 0.15) is 29.7 Å². The van der Waals surface area contributed by atoms with E-state index in [-0.39, 0.29) is 5.82 Å². The van der Waals surface area contributed by atoms with E-state index in [1.54, 1.807) is 7.11 Å². The van der Waals surface area contributed by atoms with Crippen LogP contribution < -0.4 is 0 Å². The summed E-state index contributed by atoms with van der Waals surface area (Å²) in [5, 5.41) is 1.07. The molecule has 1 unspecified atom stereocenters. The number of aromatic nitrogens is 1. The number of benzene rings is 1. The third kappa shape index (κ3) is 2.23. The number of hydrogen-bond donors (Lipinski definition) is 0. The van der Waals surface area contributed by atoms with Crippen LogP contribution in [0.15, 0.2) is 18.2 Å². The van der Waals surface area contributed by atoms with Crippen molar-refractivity contribution >= 4 is 10.9 Å². The predicted molar refractivity (Wildman–Crippen MR) is 73.9 cm³/mol. The summed E-state index contributed by atoms with van der Waals surface area (Å²) in [5.74, 6) is -0.220. The Balaban J connectivity index is 2.13. The molecule has 1 aromatic carbocycles. The van der Waals surface area contributed by atoms with Crippen LogP contribution in [0.4, 0.5) is 4.39 Å². The lowest BCUT2D eigenvalue weighted by Crippen LogP contribution is -2.09. The molecule has 0 spiro atoms. The zero-order valence-corrected chi connectivity index (χ0v) is 11.4. The van der Waals surface area contributed by atoms with E-state index in [1.807, 2.05) is 6.07 Å². The smallest absolute Gasteiger partial charge is 0.125 e. The fourth-order valence-electron chi connectivity index (χ4n) is 3.03. The van der Waals surface area contributed by atoms with Crippen LogP contribution in [-0.4, -0.2) is 18.2 Å². The minimum absolute atomic E-state index is 0.220. The molecule has 0 radical (unpaired) electrons. The van der Waals surface area contributed by atoms with Gasteiger partial charge in [0, 0.05) is 24.3 Å². The number of nitrogens with zero attached hydrogens (tertiary/aromatic N) is 1. The van der Waals surface area contributed by atoms with Crippen LogP contribution in [0, 0.1) is 12.7 Å². The maximum absolute atomic E-state index is 13.3. The van der Waals surface area contributed by atoms with E-state index in [2.05, 4.69) is 11.9 Å². The monoisotopic (exact) mass is 259 g/mol. The molecule has 1 aliphatic carbocycles. The van der Waals surface area contributed by atoms with Gasteiger partial charge >= 0.3 is 0 Å². The molecule has 3 heteroatoms. The summed E-state index contributed by atoms with van der Waals surface area (Å²) in [7, 11) is 1.77. The second-order valence-corrected chi connectivity index (χ2v) is 5.26. The van der Waals surface area contributed by atoms with Crippen molar-refractivity contribution in [3.63, 3.8) is 0 Å². The average Bonchev–Trinajstić information content (AvgIpc) is 2.61. The van der Waals surface area contributed by atoms with Gasteiger partial charge in [0.1, 0.15) is 5.82 Å². The Hall–Kier alpha value is -1.48. The number of hydrogen-bond acceptors (Lipinski definition) is 2. The summed E-state index contributed by atoms with van der Waals surface area (Å²) in [4.78, 5) is 4.67. The normalized spacial score (nSPS) is 19.2. The van der Waals surface area contributed by atoms with E-state index in [9.17, 15) is 4.39 Å². The molecule has 1 aromatic heterocycles. The van der Waals surface area contributed by atoms with Crippen LogP contribution in [0.5, 0.6) is 0 Å². The summed E-state index contributed by atoms with van der Waals surface area (Å²) < 4.78 is 18.8. The Labute approximate surface area is 112 Å². The van der Waals surface area contributed by atoms with Crippen molar-refractivity contribution in [2.24, 2.45) is 0 Å². The highest BCUT2D eigenvalue weighted by atomic mass is 19.1. The number of pyridine rings is 1. The Morgan fingerprint density at radius 2 is 2.05 bits per heavy atom. The molecular weight excluding hydrogens is 241 g/mol. The lowest BCUT2D eigenvalue weighted by Gasteiger charge is -2.12. The van der Waals surface area contributed by atoms with Gasteiger partial charge in [-0.05, 0) is 55.9 Å². The third-order valence-corrected chi connectivity index (χ3v) is 4.17. The molecule has 0 aliphatic heterocycles. The van der Waals surface area contributed by atoms with Crippen molar-refractivity contribution in [2.45, 2.75) is 38.7 Å². The van der Waals surface area contributed by atoms with Gasteiger partial charge in [-0.1, -0.05) is 0 Å². The Morgan fingerprint density at radius 1 is 1.26 bits per heavy atom. The molecule has 1 heterocycles. The summed E-state index contributed by atoms with van der Waals surface area (Å²) in [5.41, 5.74) is 4.47. The van der Waals surface area contributed by atoms with Gasteiger partial charge in [-0.15, -0.1) is 0 Å². The van der Waals surface area contributed by atoms with Crippen LogP contribution in [0.25, 0.3) is 10.9 Å². The summed E-state index contributed by atoms with van der Waals surface area (Å²) in [6, 6.07) is 4.88. The van der Waals surface area contributed by atoms with Gasteiger partial charge in [-0.3, -0.25) is 4.98 Å². The Kier molecular flexibility index (Phi) is 3.23. The molecule has 2 nitrogen and oxygen atoms in total. The first-order valence-electron chi connectivity index (χ1n) is 6.79. The summed E-state index contributed by atoms with van der Waals surface area (Å²) in [6.07, 6.45) is 4.27. The fraction of sp³-hybridized carbons (Fsp3) is 0.438. The summed E-state index contributed by atoms with van der Waals surface area (Å²) >= 11 is 0. The molecule has 0 saturated carbocycles. The van der Waals surface area contributed by atoms with Crippen molar-refractivity contribution in [2.75, 3.05) is 7.11 Å². The van der Waals surface area contributed by atoms with E-state index in [1.165, 1.54) is 23.3 Å². The van der Waals surface area contributed by atoms with Gasteiger partial charge in [0.2, 0.25) is 0 Å². The maximum Gasteiger partial charge on any atom is 0.125 e. The second-order valence-electron chi connectivity index (χ2n) is 5.26. The first-order chi connectivity index (χ1) is 9.19. The third-order valence-electron chi connectivity index (χ3n) is 4.17. The zero-order chi connectivity index (χ0) is 13.4. The molecule has 1 aliphatic rings. The first-order valence-corrected chi connectivity index (χ1v) is 6.79. The minimum Gasteiger partial charge on any atom is -0.381 e. The van der Waals surface area contributed by atoms with Gasteiger partial charge in [0.25, 0.3) is 0 Å². The molecular formula is C16H18FNO. The molecule has 0 saturated heterocycles. The molecule has 3 rings (SSSR count). The molecule has 0 N–H and O–H groups in total. The molecule has 19 heavy (non-hydrogen) atoms. The van der Waals surface area contributed by atoms with Gasteiger partial charge < -0.3 is 4.74 Å². The highest BCUT2D eigenvalue weighted by Gasteiger charge is 2.19. The van der Waals surface area contributed by atoms with E-state index in [0.29, 0.717) is 6.10 Å². The van der Waals surface area contributed by atoms with E-state index in [0.717, 1.165) is 42.3 Å². The highest BCUT2D eigenvalue weighted by molar-refractivity contribution is 5.83. The fourth-order valence-corrected chi connectivity index (χ4v) is 3.03.